The summed E-state index contributed by atoms with van der Waals surface area (Å²) in [6.07, 6.45) is 3.65. The van der Waals surface area contributed by atoms with Crippen LogP contribution < -0.4 is 5.32 Å². The summed E-state index contributed by atoms with van der Waals surface area (Å²) in [5, 5.41) is 12.4. The number of hydrogen-bond donors (Lipinski definition) is 2. The summed E-state index contributed by atoms with van der Waals surface area (Å²) in [5.74, 6) is 0.318. The topological polar surface area (TPSA) is 69.6 Å². The van der Waals surface area contributed by atoms with Gasteiger partial charge in [0, 0.05) is 14.0 Å². The smallest absolute Gasteiger partial charge is 0.240 e. The maximum atomic E-state index is 11.9. The molecule has 0 aromatic carbocycles. The van der Waals surface area contributed by atoms with E-state index in [-0.39, 0.29) is 25.0 Å². The summed E-state index contributed by atoms with van der Waals surface area (Å²) in [5.41, 5.74) is -0.485. The van der Waals surface area contributed by atoms with Gasteiger partial charge in [0.15, 0.2) is 0 Å². The minimum absolute atomic E-state index is 0.0325. The van der Waals surface area contributed by atoms with Crippen LogP contribution in [0, 0.1) is 5.92 Å². The Morgan fingerprint density at radius 3 is 2.39 bits per heavy atom. The van der Waals surface area contributed by atoms with Crippen LogP contribution in [0.2, 0.25) is 0 Å². The fraction of sp³-hybridized carbons (Fsp3) is 0.846. The lowest BCUT2D eigenvalue weighted by Crippen LogP contribution is -2.55. The number of aliphatic hydroxyl groups excluding tert-OH is 1. The van der Waals surface area contributed by atoms with E-state index in [1.54, 1.807) is 7.05 Å². The first-order valence-corrected chi connectivity index (χ1v) is 6.52. The molecule has 5 nitrogen and oxygen atoms in total. The summed E-state index contributed by atoms with van der Waals surface area (Å²) in [7, 11) is 1.59. The highest BCUT2D eigenvalue weighted by molar-refractivity contribution is 5.84. The van der Waals surface area contributed by atoms with Crippen LogP contribution in [0.5, 0.6) is 0 Å². The summed E-state index contributed by atoms with van der Waals surface area (Å²) in [6, 6.07) is 0. The zero-order chi connectivity index (χ0) is 13.8. The molecular formula is C13H24N2O3. The molecule has 0 heterocycles. The van der Waals surface area contributed by atoms with Gasteiger partial charge in [-0.05, 0) is 31.6 Å². The third-order valence-corrected chi connectivity index (χ3v) is 3.86. The molecule has 1 rings (SSSR count). The molecule has 0 unspecified atom stereocenters. The van der Waals surface area contributed by atoms with E-state index in [1.165, 1.54) is 11.8 Å². The maximum absolute atomic E-state index is 11.9. The van der Waals surface area contributed by atoms with Gasteiger partial charge in [-0.15, -0.1) is 0 Å². The van der Waals surface area contributed by atoms with Gasteiger partial charge in [-0.2, -0.15) is 0 Å². The lowest BCUT2D eigenvalue weighted by molar-refractivity contribution is -0.134. The molecule has 0 radical (unpaired) electrons. The molecule has 5 heteroatoms. The van der Waals surface area contributed by atoms with E-state index in [0.717, 1.165) is 25.7 Å². The molecule has 18 heavy (non-hydrogen) atoms. The molecule has 0 aromatic heterocycles. The normalized spacial score (nSPS) is 27.7. The lowest BCUT2D eigenvalue weighted by atomic mass is 9.77. The number of aliphatic hydroxyl groups is 1. The number of rotatable bonds is 4. The SMILES string of the molecule is CC(=O)N(C)CC(=O)NC1(CO)CCC(C)CC1. The van der Waals surface area contributed by atoms with E-state index in [2.05, 4.69) is 12.2 Å². The Kier molecular flexibility index (Phi) is 5.14. The summed E-state index contributed by atoms with van der Waals surface area (Å²) in [4.78, 5) is 24.3. The molecule has 1 fully saturated rings. The van der Waals surface area contributed by atoms with E-state index in [4.69, 9.17) is 0 Å². The highest BCUT2D eigenvalue weighted by Crippen LogP contribution is 2.31. The molecule has 0 aliphatic heterocycles. The first kappa shape index (κ1) is 15.0. The van der Waals surface area contributed by atoms with Gasteiger partial charge in [0.1, 0.15) is 0 Å². The van der Waals surface area contributed by atoms with Crippen molar-refractivity contribution in [2.45, 2.75) is 45.1 Å². The fourth-order valence-corrected chi connectivity index (χ4v) is 2.30. The minimum Gasteiger partial charge on any atom is -0.394 e. The van der Waals surface area contributed by atoms with Crippen LogP contribution in [0.25, 0.3) is 0 Å². The lowest BCUT2D eigenvalue weighted by Gasteiger charge is -2.39. The Morgan fingerprint density at radius 2 is 1.94 bits per heavy atom. The molecule has 1 aliphatic rings. The van der Waals surface area contributed by atoms with Crippen LogP contribution in [-0.2, 0) is 9.59 Å². The molecule has 0 spiro atoms. The number of likely N-dealkylation sites (N-methyl/N-ethyl adjacent to an activating group) is 1. The van der Waals surface area contributed by atoms with E-state index in [0.29, 0.717) is 5.92 Å². The van der Waals surface area contributed by atoms with Crippen molar-refractivity contribution in [3.8, 4) is 0 Å². The van der Waals surface area contributed by atoms with Crippen molar-refractivity contribution < 1.29 is 14.7 Å². The van der Waals surface area contributed by atoms with Crippen LogP contribution in [0.15, 0.2) is 0 Å². The zero-order valence-corrected chi connectivity index (χ0v) is 11.5. The Morgan fingerprint density at radius 1 is 1.39 bits per heavy atom. The predicted molar refractivity (Wildman–Crippen MR) is 68.9 cm³/mol. The second-order valence-electron chi connectivity index (χ2n) is 5.54. The molecule has 2 N–H and O–H groups in total. The Bertz CT molecular complexity index is 309. The predicted octanol–water partition coefficient (Wildman–Crippen LogP) is 0.522. The van der Waals surface area contributed by atoms with Crippen LogP contribution in [0.3, 0.4) is 0 Å². The average molecular weight is 256 g/mol. The van der Waals surface area contributed by atoms with Gasteiger partial charge < -0.3 is 15.3 Å². The van der Waals surface area contributed by atoms with Crippen molar-refractivity contribution in [1.82, 2.24) is 10.2 Å². The van der Waals surface area contributed by atoms with Crippen LogP contribution in [0.1, 0.15) is 39.5 Å². The largest absolute Gasteiger partial charge is 0.394 e. The van der Waals surface area contributed by atoms with Crippen molar-refractivity contribution in [2.24, 2.45) is 5.92 Å². The van der Waals surface area contributed by atoms with Crippen molar-refractivity contribution in [2.75, 3.05) is 20.2 Å². The highest BCUT2D eigenvalue weighted by atomic mass is 16.3. The van der Waals surface area contributed by atoms with Gasteiger partial charge in [0.25, 0.3) is 0 Å². The molecule has 1 aliphatic carbocycles. The monoisotopic (exact) mass is 256 g/mol. The molecule has 1 saturated carbocycles. The molecule has 0 aromatic rings. The number of nitrogens with zero attached hydrogens (tertiary/aromatic N) is 1. The van der Waals surface area contributed by atoms with Crippen molar-refractivity contribution in [1.29, 1.82) is 0 Å². The van der Waals surface area contributed by atoms with Crippen LogP contribution >= 0.6 is 0 Å². The first-order valence-electron chi connectivity index (χ1n) is 6.52. The standard InChI is InChI=1S/C13H24N2O3/c1-10-4-6-13(9-16,7-5-10)14-12(18)8-15(3)11(2)17/h10,16H,4-9H2,1-3H3,(H,14,18). The zero-order valence-electron chi connectivity index (χ0n) is 11.5. The summed E-state index contributed by atoms with van der Waals surface area (Å²) in [6.45, 7) is 3.63. The molecule has 0 saturated heterocycles. The maximum Gasteiger partial charge on any atom is 0.240 e. The summed E-state index contributed by atoms with van der Waals surface area (Å²) >= 11 is 0. The first-order chi connectivity index (χ1) is 8.38. The van der Waals surface area contributed by atoms with E-state index >= 15 is 0 Å². The van der Waals surface area contributed by atoms with Gasteiger partial charge in [-0.1, -0.05) is 6.92 Å². The van der Waals surface area contributed by atoms with Crippen molar-refractivity contribution in [3.63, 3.8) is 0 Å². The van der Waals surface area contributed by atoms with E-state index in [1.807, 2.05) is 0 Å². The second-order valence-corrected chi connectivity index (χ2v) is 5.54. The van der Waals surface area contributed by atoms with Gasteiger partial charge in [-0.25, -0.2) is 0 Å². The minimum atomic E-state index is -0.485. The Hall–Kier alpha value is -1.10. The second kappa shape index (κ2) is 6.18. The third-order valence-electron chi connectivity index (χ3n) is 3.86. The Balaban J connectivity index is 2.52. The molecular weight excluding hydrogens is 232 g/mol. The number of carbonyl (C=O) groups excluding carboxylic acids is 2. The van der Waals surface area contributed by atoms with E-state index in [9.17, 15) is 14.7 Å². The van der Waals surface area contributed by atoms with Crippen LogP contribution in [0.4, 0.5) is 0 Å². The van der Waals surface area contributed by atoms with Crippen molar-refractivity contribution in [3.05, 3.63) is 0 Å². The average Bonchev–Trinajstić information content (AvgIpc) is 2.32. The molecule has 104 valence electrons. The Labute approximate surface area is 109 Å². The summed E-state index contributed by atoms with van der Waals surface area (Å²) < 4.78 is 0. The number of amides is 2. The number of nitrogens with one attached hydrogen (secondary N) is 1. The van der Waals surface area contributed by atoms with Gasteiger partial charge in [-0.3, -0.25) is 9.59 Å². The highest BCUT2D eigenvalue weighted by Gasteiger charge is 2.35. The molecule has 2 amide bonds. The van der Waals surface area contributed by atoms with E-state index < -0.39 is 5.54 Å². The van der Waals surface area contributed by atoms with Gasteiger partial charge >= 0.3 is 0 Å². The van der Waals surface area contributed by atoms with Crippen LogP contribution in [-0.4, -0.2) is 47.6 Å². The fourth-order valence-electron chi connectivity index (χ4n) is 2.30. The number of carbonyl (C=O) groups is 2. The van der Waals surface area contributed by atoms with Crippen molar-refractivity contribution >= 4 is 11.8 Å². The number of hydrogen-bond acceptors (Lipinski definition) is 3. The quantitative estimate of drug-likeness (QED) is 0.770. The van der Waals surface area contributed by atoms with Gasteiger partial charge in [0.2, 0.25) is 11.8 Å². The third kappa shape index (κ3) is 3.98. The molecule has 0 atom stereocenters. The van der Waals surface area contributed by atoms with Gasteiger partial charge in [0.05, 0.1) is 18.7 Å². The molecule has 0 bridgehead atoms.